The van der Waals surface area contributed by atoms with Crippen LogP contribution in [0.2, 0.25) is 0 Å². The van der Waals surface area contributed by atoms with Gasteiger partial charge in [-0.05, 0) is 37.5 Å². The fourth-order valence-electron chi connectivity index (χ4n) is 2.17. The lowest BCUT2D eigenvalue weighted by molar-refractivity contribution is -0.383. The average Bonchev–Trinajstić information content (AvgIpc) is 2.52. The van der Waals surface area contributed by atoms with Crippen LogP contribution in [0.25, 0.3) is 0 Å². The van der Waals surface area contributed by atoms with E-state index in [1.54, 1.807) is 0 Å². The third kappa shape index (κ3) is 3.94. The molecule has 2 N–H and O–H groups in total. The number of hydrogen-bond donors (Lipinski definition) is 2. The predicted octanol–water partition coefficient (Wildman–Crippen LogP) is 3.96. The molecule has 1 aromatic heterocycles. The van der Waals surface area contributed by atoms with Crippen LogP contribution in [0.1, 0.15) is 30.9 Å². The summed E-state index contributed by atoms with van der Waals surface area (Å²) < 4.78 is 0. The zero-order valence-electron chi connectivity index (χ0n) is 13.6. The predicted molar refractivity (Wildman–Crippen MR) is 91.3 cm³/mol. The van der Waals surface area contributed by atoms with E-state index in [4.69, 9.17) is 0 Å². The molecule has 0 fully saturated rings. The Hall–Kier alpha value is -2.70. The number of nitro groups is 1. The highest BCUT2D eigenvalue weighted by atomic mass is 16.6. The number of nitrogens with one attached hydrogen (secondary N) is 2. The average molecular weight is 315 g/mol. The third-order valence-corrected chi connectivity index (χ3v) is 3.69. The Labute approximate surface area is 135 Å². The Morgan fingerprint density at radius 1 is 1.22 bits per heavy atom. The fraction of sp³-hybridized carbons (Fsp3) is 0.375. The molecule has 0 aliphatic carbocycles. The number of aromatic nitrogens is 2. The molecule has 2 rings (SSSR count). The molecule has 0 unspecified atom stereocenters. The van der Waals surface area contributed by atoms with Crippen molar-refractivity contribution in [1.82, 2.24) is 9.97 Å². The molecule has 0 saturated heterocycles. The van der Waals surface area contributed by atoms with Crippen LogP contribution < -0.4 is 10.6 Å². The van der Waals surface area contributed by atoms with E-state index >= 15 is 0 Å². The minimum absolute atomic E-state index is 0.135. The van der Waals surface area contributed by atoms with Crippen molar-refractivity contribution in [3.63, 3.8) is 0 Å². The van der Waals surface area contributed by atoms with Crippen molar-refractivity contribution in [3.05, 3.63) is 45.8 Å². The highest BCUT2D eigenvalue weighted by Gasteiger charge is 2.23. The van der Waals surface area contributed by atoms with E-state index in [1.165, 1.54) is 6.33 Å². The smallest absolute Gasteiger partial charge is 0.353 e. The Balaban J connectivity index is 2.36. The standard InChI is InChI=1S/C16H21N5O2/c1-4-5-9-17-15-14(21(22)23)16(19-10-18-15)20-13-8-6-7-11(2)12(13)3/h6-8,10H,4-5,9H2,1-3H3,(H2,17,18,19,20). The first-order valence-electron chi connectivity index (χ1n) is 7.61. The lowest BCUT2D eigenvalue weighted by atomic mass is 10.1. The van der Waals surface area contributed by atoms with Crippen LogP contribution in [0.15, 0.2) is 24.5 Å². The number of anilines is 3. The quantitative estimate of drug-likeness (QED) is 0.456. The van der Waals surface area contributed by atoms with Gasteiger partial charge in [0.15, 0.2) is 0 Å². The summed E-state index contributed by atoms with van der Waals surface area (Å²) in [4.78, 5) is 19.1. The zero-order chi connectivity index (χ0) is 16.8. The van der Waals surface area contributed by atoms with Gasteiger partial charge in [-0.2, -0.15) is 0 Å². The lowest BCUT2D eigenvalue weighted by Crippen LogP contribution is -2.09. The molecule has 0 aliphatic rings. The van der Waals surface area contributed by atoms with E-state index in [0.717, 1.165) is 29.7 Å². The molecule has 122 valence electrons. The van der Waals surface area contributed by atoms with Gasteiger partial charge in [-0.1, -0.05) is 25.5 Å². The van der Waals surface area contributed by atoms with Gasteiger partial charge in [-0.25, -0.2) is 9.97 Å². The van der Waals surface area contributed by atoms with Gasteiger partial charge in [0.1, 0.15) is 6.33 Å². The fourth-order valence-corrected chi connectivity index (χ4v) is 2.17. The maximum absolute atomic E-state index is 11.5. The van der Waals surface area contributed by atoms with E-state index < -0.39 is 4.92 Å². The number of hydrogen-bond acceptors (Lipinski definition) is 6. The van der Waals surface area contributed by atoms with E-state index in [1.807, 2.05) is 32.0 Å². The summed E-state index contributed by atoms with van der Waals surface area (Å²) in [6.45, 7) is 6.65. The van der Waals surface area contributed by atoms with Crippen LogP contribution in [0, 0.1) is 24.0 Å². The summed E-state index contributed by atoms with van der Waals surface area (Å²) >= 11 is 0. The first-order chi connectivity index (χ1) is 11.0. The zero-order valence-corrected chi connectivity index (χ0v) is 13.6. The van der Waals surface area contributed by atoms with Crippen molar-refractivity contribution in [2.24, 2.45) is 0 Å². The number of unbranched alkanes of at least 4 members (excludes halogenated alkanes) is 1. The second kappa shape index (κ2) is 7.53. The molecular weight excluding hydrogens is 294 g/mol. The molecule has 2 aromatic rings. The van der Waals surface area contributed by atoms with Crippen molar-refractivity contribution in [3.8, 4) is 0 Å². The van der Waals surface area contributed by atoms with E-state index in [2.05, 4.69) is 27.5 Å². The Morgan fingerprint density at radius 2 is 1.96 bits per heavy atom. The molecule has 0 aliphatic heterocycles. The molecule has 7 heteroatoms. The number of benzene rings is 1. The van der Waals surface area contributed by atoms with Gasteiger partial charge in [-0.15, -0.1) is 0 Å². The number of aryl methyl sites for hydroxylation is 1. The van der Waals surface area contributed by atoms with Crippen molar-refractivity contribution < 1.29 is 4.92 Å². The normalized spacial score (nSPS) is 10.4. The maximum Gasteiger partial charge on any atom is 0.353 e. The van der Waals surface area contributed by atoms with E-state index in [0.29, 0.717) is 6.54 Å². The van der Waals surface area contributed by atoms with Gasteiger partial charge in [0.2, 0.25) is 11.6 Å². The van der Waals surface area contributed by atoms with Crippen LogP contribution in [0.4, 0.5) is 23.0 Å². The molecule has 1 aromatic carbocycles. The molecule has 1 heterocycles. The lowest BCUT2D eigenvalue weighted by Gasteiger charge is -2.12. The van der Waals surface area contributed by atoms with E-state index in [-0.39, 0.29) is 17.3 Å². The first-order valence-corrected chi connectivity index (χ1v) is 7.61. The molecule has 23 heavy (non-hydrogen) atoms. The molecule has 0 bridgehead atoms. The third-order valence-electron chi connectivity index (χ3n) is 3.69. The molecule has 0 amide bonds. The minimum Gasteiger partial charge on any atom is -0.364 e. The van der Waals surface area contributed by atoms with Crippen molar-refractivity contribution in [2.45, 2.75) is 33.6 Å². The highest BCUT2D eigenvalue weighted by Crippen LogP contribution is 2.32. The van der Waals surface area contributed by atoms with Crippen molar-refractivity contribution in [2.75, 3.05) is 17.2 Å². The van der Waals surface area contributed by atoms with E-state index in [9.17, 15) is 10.1 Å². The summed E-state index contributed by atoms with van der Waals surface area (Å²) in [5, 5.41) is 17.5. The van der Waals surface area contributed by atoms with Crippen molar-refractivity contribution >= 4 is 23.0 Å². The number of rotatable bonds is 7. The largest absolute Gasteiger partial charge is 0.364 e. The highest BCUT2D eigenvalue weighted by molar-refractivity contribution is 5.75. The van der Waals surface area contributed by atoms with Crippen LogP contribution in [-0.2, 0) is 0 Å². The van der Waals surface area contributed by atoms with Crippen LogP contribution >= 0.6 is 0 Å². The summed E-state index contributed by atoms with van der Waals surface area (Å²) in [6, 6.07) is 5.77. The topological polar surface area (TPSA) is 93.0 Å². The van der Waals surface area contributed by atoms with Crippen molar-refractivity contribution in [1.29, 1.82) is 0 Å². The van der Waals surface area contributed by atoms with Gasteiger partial charge in [-0.3, -0.25) is 10.1 Å². The first kappa shape index (κ1) is 16.7. The Kier molecular flexibility index (Phi) is 5.46. The second-order valence-electron chi connectivity index (χ2n) is 5.33. The summed E-state index contributed by atoms with van der Waals surface area (Å²) in [7, 11) is 0. The Morgan fingerprint density at radius 3 is 2.65 bits per heavy atom. The molecular formula is C16H21N5O2. The monoisotopic (exact) mass is 315 g/mol. The second-order valence-corrected chi connectivity index (χ2v) is 5.33. The van der Waals surface area contributed by atoms with Gasteiger partial charge in [0.05, 0.1) is 4.92 Å². The van der Waals surface area contributed by atoms with Gasteiger partial charge < -0.3 is 10.6 Å². The molecule has 0 radical (unpaired) electrons. The summed E-state index contributed by atoms with van der Waals surface area (Å²) in [5.74, 6) is 0.434. The van der Waals surface area contributed by atoms with Gasteiger partial charge >= 0.3 is 5.69 Å². The molecule has 0 spiro atoms. The SMILES string of the molecule is CCCCNc1ncnc(Nc2cccc(C)c2C)c1[N+](=O)[O-]. The Bertz CT molecular complexity index is 703. The number of nitrogens with zero attached hydrogens (tertiary/aromatic N) is 3. The van der Waals surface area contributed by atoms with Gasteiger partial charge in [0, 0.05) is 12.2 Å². The van der Waals surface area contributed by atoms with Crippen LogP contribution in [-0.4, -0.2) is 21.4 Å². The maximum atomic E-state index is 11.5. The van der Waals surface area contributed by atoms with Gasteiger partial charge in [0.25, 0.3) is 0 Å². The molecule has 7 nitrogen and oxygen atoms in total. The summed E-state index contributed by atoms with van der Waals surface area (Å²) in [5.41, 5.74) is 2.80. The molecule has 0 atom stereocenters. The minimum atomic E-state index is -0.457. The van der Waals surface area contributed by atoms with Crippen LogP contribution in [0.3, 0.4) is 0 Å². The summed E-state index contributed by atoms with van der Waals surface area (Å²) in [6.07, 6.45) is 3.25. The molecule has 0 saturated carbocycles. The van der Waals surface area contributed by atoms with Crippen LogP contribution in [0.5, 0.6) is 0 Å².